The fourth-order valence-electron chi connectivity index (χ4n) is 3.18. The molecule has 1 heterocycles. The zero-order chi connectivity index (χ0) is 16.9. The van der Waals surface area contributed by atoms with Crippen LogP contribution in [-0.2, 0) is 4.74 Å². The fourth-order valence-corrected chi connectivity index (χ4v) is 3.18. The van der Waals surface area contributed by atoms with Gasteiger partial charge in [0.05, 0.1) is 13.2 Å². The first-order chi connectivity index (χ1) is 10.0. The molecule has 2 nitrogen and oxygen atoms in total. The van der Waals surface area contributed by atoms with Gasteiger partial charge in [-0.05, 0) is 19.9 Å². The number of halogens is 5. The Kier molecular flexibility index (Phi) is 4.14. The van der Waals surface area contributed by atoms with Crippen molar-refractivity contribution in [3.63, 3.8) is 0 Å². The normalized spacial score (nSPS) is 32.3. The number of hydrogen-bond donors (Lipinski definition) is 0. The Balaban J connectivity index is 2.53. The monoisotopic (exact) mass is 324 g/mol. The maximum Gasteiger partial charge on any atom is 0.417 e. The topological polar surface area (TPSA) is 18.5 Å². The molecule has 0 radical (unpaired) electrons. The minimum absolute atomic E-state index is 0.175. The van der Waals surface area contributed by atoms with Crippen LogP contribution in [0.2, 0.25) is 0 Å². The zero-order valence-electron chi connectivity index (χ0n) is 12.6. The molecule has 22 heavy (non-hydrogen) atoms. The van der Waals surface area contributed by atoms with Gasteiger partial charge in [-0.3, -0.25) is 0 Å². The van der Waals surface area contributed by atoms with Gasteiger partial charge in [-0.15, -0.1) is 0 Å². The summed E-state index contributed by atoms with van der Waals surface area (Å²) in [4.78, 5) is 0. The third kappa shape index (κ3) is 2.35. The number of ether oxygens (including phenoxy) is 2. The van der Waals surface area contributed by atoms with E-state index in [0.29, 0.717) is 0 Å². The lowest BCUT2D eigenvalue weighted by Gasteiger charge is -2.32. The molecular weight excluding hydrogens is 307 g/mol. The highest BCUT2D eigenvalue weighted by atomic mass is 19.4. The molecule has 1 fully saturated rings. The second-order valence-electron chi connectivity index (χ2n) is 5.73. The van der Waals surface area contributed by atoms with Gasteiger partial charge in [0.2, 0.25) is 5.82 Å². The van der Waals surface area contributed by atoms with Crippen LogP contribution in [0, 0.1) is 17.6 Å². The molecule has 0 N–H and O–H groups in total. The first-order valence-electron chi connectivity index (χ1n) is 6.81. The third-order valence-electron chi connectivity index (χ3n) is 4.55. The Hall–Kier alpha value is -1.37. The highest BCUT2D eigenvalue weighted by molar-refractivity contribution is 5.40. The highest BCUT2D eigenvalue weighted by Gasteiger charge is 2.63. The van der Waals surface area contributed by atoms with Crippen LogP contribution in [0.5, 0.6) is 5.75 Å². The van der Waals surface area contributed by atoms with Gasteiger partial charge >= 0.3 is 6.18 Å². The quantitative estimate of drug-likeness (QED) is 0.749. The van der Waals surface area contributed by atoms with E-state index in [1.807, 2.05) is 0 Å². The van der Waals surface area contributed by atoms with Crippen molar-refractivity contribution >= 4 is 0 Å². The van der Waals surface area contributed by atoms with Crippen molar-refractivity contribution in [2.24, 2.45) is 5.92 Å². The highest BCUT2D eigenvalue weighted by Crippen LogP contribution is 2.54. The van der Waals surface area contributed by atoms with E-state index in [4.69, 9.17) is 9.47 Å². The van der Waals surface area contributed by atoms with E-state index in [9.17, 15) is 22.0 Å². The molecule has 1 unspecified atom stereocenters. The van der Waals surface area contributed by atoms with Crippen molar-refractivity contribution < 1.29 is 31.4 Å². The molecule has 0 amide bonds. The second-order valence-corrected chi connectivity index (χ2v) is 5.73. The standard InChI is InChI=1S/C15H17F5O2/c1-7-11(8(2)22-14(7,3)15(18,19)20)9-5-6-10(16)12(17)13(9)21-4/h5-8,11H,1-4H3/t7-,8?,11+,14+/m0/s1. The SMILES string of the molecule is COc1c([C@H]2C(C)O[C@@](C)(C(F)(F)F)[C@H]2C)ccc(F)c1F. The number of alkyl halides is 3. The van der Waals surface area contributed by atoms with Crippen molar-refractivity contribution in [2.75, 3.05) is 7.11 Å². The van der Waals surface area contributed by atoms with Crippen LogP contribution < -0.4 is 4.74 Å². The summed E-state index contributed by atoms with van der Waals surface area (Å²) in [5, 5.41) is 0. The molecule has 7 heteroatoms. The first kappa shape index (κ1) is 17.0. The molecule has 4 atom stereocenters. The van der Waals surface area contributed by atoms with Gasteiger partial charge < -0.3 is 9.47 Å². The molecule has 0 bridgehead atoms. The molecule has 0 aromatic heterocycles. The number of hydrogen-bond acceptors (Lipinski definition) is 2. The summed E-state index contributed by atoms with van der Waals surface area (Å²) < 4.78 is 77.0. The van der Waals surface area contributed by atoms with Crippen molar-refractivity contribution in [2.45, 2.75) is 44.6 Å². The number of benzene rings is 1. The van der Waals surface area contributed by atoms with Crippen LogP contribution in [0.1, 0.15) is 32.3 Å². The van der Waals surface area contributed by atoms with E-state index >= 15 is 0 Å². The van der Waals surface area contributed by atoms with E-state index < -0.39 is 41.4 Å². The van der Waals surface area contributed by atoms with E-state index in [0.717, 1.165) is 20.1 Å². The molecule has 1 aromatic rings. The summed E-state index contributed by atoms with van der Waals surface area (Å²) in [6.45, 7) is 3.85. The Bertz CT molecular complexity index is 572. The largest absolute Gasteiger partial charge is 0.493 e. The minimum Gasteiger partial charge on any atom is -0.493 e. The maximum absolute atomic E-state index is 13.8. The predicted molar refractivity (Wildman–Crippen MR) is 69.8 cm³/mol. The van der Waals surface area contributed by atoms with Crippen LogP contribution >= 0.6 is 0 Å². The molecular formula is C15H17F5O2. The first-order valence-corrected chi connectivity index (χ1v) is 6.81. The van der Waals surface area contributed by atoms with Crippen LogP contribution in [0.15, 0.2) is 12.1 Å². The Labute approximate surface area is 125 Å². The zero-order valence-corrected chi connectivity index (χ0v) is 12.6. The van der Waals surface area contributed by atoms with E-state index in [-0.39, 0.29) is 11.3 Å². The van der Waals surface area contributed by atoms with Gasteiger partial charge in [-0.1, -0.05) is 13.0 Å². The number of rotatable bonds is 2. The van der Waals surface area contributed by atoms with E-state index in [2.05, 4.69) is 0 Å². The van der Waals surface area contributed by atoms with Gasteiger partial charge in [0.25, 0.3) is 0 Å². The van der Waals surface area contributed by atoms with Gasteiger partial charge in [0.15, 0.2) is 17.2 Å². The molecule has 0 spiro atoms. The average molecular weight is 324 g/mol. The Morgan fingerprint density at radius 3 is 2.23 bits per heavy atom. The summed E-state index contributed by atoms with van der Waals surface area (Å²) in [7, 11) is 1.15. The van der Waals surface area contributed by atoms with Gasteiger partial charge in [0.1, 0.15) is 0 Å². The lowest BCUT2D eigenvalue weighted by Crippen LogP contribution is -2.46. The lowest BCUT2D eigenvalue weighted by molar-refractivity contribution is -0.273. The minimum atomic E-state index is -4.57. The van der Waals surface area contributed by atoms with Crippen molar-refractivity contribution in [1.82, 2.24) is 0 Å². The Morgan fingerprint density at radius 1 is 1.18 bits per heavy atom. The molecule has 1 aliphatic rings. The Morgan fingerprint density at radius 2 is 1.77 bits per heavy atom. The van der Waals surface area contributed by atoms with Crippen LogP contribution in [0.3, 0.4) is 0 Å². The molecule has 1 aliphatic heterocycles. The molecule has 1 aromatic carbocycles. The lowest BCUT2D eigenvalue weighted by atomic mass is 9.77. The number of methoxy groups -OCH3 is 1. The van der Waals surface area contributed by atoms with Crippen molar-refractivity contribution in [3.8, 4) is 5.75 Å². The predicted octanol–water partition coefficient (Wildman–Crippen LogP) is 4.43. The van der Waals surface area contributed by atoms with Gasteiger partial charge in [-0.2, -0.15) is 17.6 Å². The van der Waals surface area contributed by atoms with Crippen LogP contribution in [-0.4, -0.2) is 25.0 Å². The third-order valence-corrected chi connectivity index (χ3v) is 4.55. The summed E-state index contributed by atoms with van der Waals surface area (Å²) in [6.07, 6.45) is -5.39. The van der Waals surface area contributed by atoms with Crippen molar-refractivity contribution in [1.29, 1.82) is 0 Å². The second kappa shape index (κ2) is 5.37. The summed E-state index contributed by atoms with van der Waals surface area (Å²) in [6, 6.07) is 2.14. The van der Waals surface area contributed by atoms with E-state index in [1.54, 1.807) is 0 Å². The molecule has 124 valence electrons. The van der Waals surface area contributed by atoms with Gasteiger partial charge in [0, 0.05) is 17.4 Å². The average Bonchev–Trinajstić information content (AvgIpc) is 2.64. The van der Waals surface area contributed by atoms with Crippen molar-refractivity contribution in [3.05, 3.63) is 29.3 Å². The molecule has 0 saturated carbocycles. The fraction of sp³-hybridized carbons (Fsp3) is 0.600. The van der Waals surface area contributed by atoms with Gasteiger partial charge in [-0.25, -0.2) is 4.39 Å². The molecule has 2 rings (SSSR count). The van der Waals surface area contributed by atoms with E-state index in [1.165, 1.54) is 19.9 Å². The molecule has 0 aliphatic carbocycles. The molecule has 1 saturated heterocycles. The van der Waals surface area contributed by atoms with Crippen LogP contribution in [0.25, 0.3) is 0 Å². The summed E-state index contributed by atoms with van der Waals surface area (Å²) in [5.41, 5.74) is -2.18. The van der Waals surface area contributed by atoms with Crippen LogP contribution in [0.4, 0.5) is 22.0 Å². The maximum atomic E-state index is 13.8. The summed E-state index contributed by atoms with van der Waals surface area (Å²) >= 11 is 0. The summed E-state index contributed by atoms with van der Waals surface area (Å²) in [5.74, 6) is -4.45. The smallest absolute Gasteiger partial charge is 0.417 e.